The summed E-state index contributed by atoms with van der Waals surface area (Å²) in [4.78, 5) is 12.4. The van der Waals surface area contributed by atoms with Crippen LogP contribution in [0.25, 0.3) is 0 Å². The average Bonchev–Trinajstić information content (AvgIpc) is 3.47. The Morgan fingerprint density at radius 1 is 1.28 bits per heavy atom. The van der Waals surface area contributed by atoms with Gasteiger partial charge >= 0.3 is 0 Å². The maximum Gasteiger partial charge on any atom is 0.243 e. The van der Waals surface area contributed by atoms with Crippen molar-refractivity contribution in [1.29, 1.82) is 0 Å². The number of nitrogens with zero attached hydrogens (tertiary/aromatic N) is 1. The molecule has 5 nitrogen and oxygen atoms in total. The van der Waals surface area contributed by atoms with E-state index in [-0.39, 0.29) is 28.9 Å². The minimum absolute atomic E-state index is 0.0520. The number of benzene rings is 2. The fourth-order valence-electron chi connectivity index (χ4n) is 3.21. The predicted octanol–water partition coefficient (Wildman–Crippen LogP) is 5.48. The van der Waals surface area contributed by atoms with E-state index in [1.807, 2.05) is 0 Å². The Morgan fingerprint density at radius 2 is 1.93 bits per heavy atom. The number of hydrogen-bond acceptors (Lipinski definition) is 4. The van der Waals surface area contributed by atoms with Crippen LogP contribution in [-0.2, 0) is 10.2 Å². The number of carbonyl (C=O) groups excluding carboxylic acids is 1. The molecule has 1 fully saturated rings. The molecule has 0 saturated heterocycles. The quantitative estimate of drug-likeness (QED) is 0.403. The largest absolute Gasteiger partial charge is 0.504 e. The molecule has 1 aliphatic carbocycles. The minimum atomic E-state index is -0.122. The highest BCUT2D eigenvalue weighted by Gasteiger charge is 2.44. The molecule has 0 unspecified atom stereocenters. The molecule has 0 aromatic heterocycles. The van der Waals surface area contributed by atoms with Crippen molar-refractivity contribution in [1.82, 2.24) is 5.43 Å². The lowest BCUT2D eigenvalue weighted by Crippen LogP contribution is -2.20. The first kappa shape index (κ1) is 21.8. The molecule has 0 aliphatic heterocycles. The molecule has 29 heavy (non-hydrogen) atoms. The zero-order valence-electron chi connectivity index (χ0n) is 16.8. The molecule has 1 saturated carbocycles. The second-order valence-electron chi connectivity index (χ2n) is 8.19. The lowest BCUT2D eigenvalue weighted by atomic mass is 9.86. The van der Waals surface area contributed by atoms with Gasteiger partial charge in [0.15, 0.2) is 11.5 Å². The van der Waals surface area contributed by atoms with Crippen molar-refractivity contribution in [2.45, 2.75) is 38.5 Å². The lowest BCUT2D eigenvalue weighted by molar-refractivity contribution is -0.122. The van der Waals surface area contributed by atoms with Crippen molar-refractivity contribution in [2.75, 3.05) is 7.11 Å². The van der Waals surface area contributed by atoms with Crippen LogP contribution in [0.3, 0.4) is 0 Å². The van der Waals surface area contributed by atoms with Crippen LogP contribution in [0.2, 0.25) is 0 Å². The van der Waals surface area contributed by atoms with E-state index in [1.165, 1.54) is 24.5 Å². The van der Waals surface area contributed by atoms with Crippen LogP contribution in [0.1, 0.15) is 49.8 Å². The van der Waals surface area contributed by atoms with E-state index in [0.29, 0.717) is 20.3 Å². The molecule has 2 N–H and O–H groups in total. The van der Waals surface area contributed by atoms with Crippen molar-refractivity contribution in [2.24, 2.45) is 11.0 Å². The van der Waals surface area contributed by atoms with Crippen LogP contribution in [-0.4, -0.2) is 24.3 Å². The van der Waals surface area contributed by atoms with Gasteiger partial charge in [-0.1, -0.05) is 45.0 Å². The summed E-state index contributed by atoms with van der Waals surface area (Å²) in [6.07, 6.45) is 2.22. The Labute approximate surface area is 187 Å². The maximum absolute atomic E-state index is 12.4. The van der Waals surface area contributed by atoms with Gasteiger partial charge in [-0.2, -0.15) is 5.10 Å². The van der Waals surface area contributed by atoms with Crippen LogP contribution in [0.5, 0.6) is 11.5 Å². The Balaban J connectivity index is 1.64. The number of halogens is 2. The molecule has 1 amide bonds. The van der Waals surface area contributed by atoms with Gasteiger partial charge in [0, 0.05) is 14.9 Å². The molecular formula is C22H24Br2N2O3. The highest BCUT2D eigenvalue weighted by atomic mass is 79.9. The summed E-state index contributed by atoms with van der Waals surface area (Å²) in [6.45, 7) is 6.55. The number of nitrogens with one attached hydrogen (secondary N) is 1. The monoisotopic (exact) mass is 522 g/mol. The standard InChI is InChI=1S/C22H24Br2N2O3/c1-22(2,3)13-7-5-12(6-8-13)14-9-15(14)21(28)26-25-11-16-19(24)17(23)10-18(29-4)20(16)27/h5-8,10-11,14-15,27H,9H2,1-4H3,(H,26,28)/b25-11-/t14-,15+/m0/s1. The number of hydrogen-bond donors (Lipinski definition) is 2. The predicted molar refractivity (Wildman–Crippen MR) is 122 cm³/mol. The van der Waals surface area contributed by atoms with Crippen LogP contribution >= 0.6 is 31.9 Å². The molecule has 2 aromatic rings. The third kappa shape index (κ3) is 4.83. The van der Waals surface area contributed by atoms with Gasteiger partial charge in [0.2, 0.25) is 5.91 Å². The first-order chi connectivity index (χ1) is 13.6. The summed E-state index contributed by atoms with van der Waals surface area (Å²) in [5.41, 5.74) is 5.57. The van der Waals surface area contributed by atoms with Gasteiger partial charge in [-0.05, 0) is 66.8 Å². The van der Waals surface area contributed by atoms with Crippen molar-refractivity contribution >= 4 is 44.0 Å². The molecule has 0 spiro atoms. The van der Waals surface area contributed by atoms with Crippen molar-refractivity contribution < 1.29 is 14.6 Å². The number of ether oxygens (including phenoxy) is 1. The summed E-state index contributed by atoms with van der Waals surface area (Å²) in [7, 11) is 1.47. The van der Waals surface area contributed by atoms with Crippen LogP contribution in [0, 0.1) is 5.92 Å². The highest BCUT2D eigenvalue weighted by Crippen LogP contribution is 2.47. The van der Waals surface area contributed by atoms with Crippen molar-refractivity contribution in [3.8, 4) is 11.5 Å². The third-order valence-electron chi connectivity index (χ3n) is 5.11. The van der Waals surface area contributed by atoms with Gasteiger partial charge < -0.3 is 9.84 Å². The number of phenolic OH excluding ortho intramolecular Hbond substituents is 1. The minimum Gasteiger partial charge on any atom is -0.504 e. The summed E-state index contributed by atoms with van der Waals surface area (Å²) in [5.74, 6) is 0.286. The molecule has 3 rings (SSSR count). The summed E-state index contributed by atoms with van der Waals surface area (Å²) in [6, 6.07) is 10.2. The molecule has 1 aliphatic rings. The Hall–Kier alpha value is -1.86. The van der Waals surface area contributed by atoms with Gasteiger partial charge in [0.1, 0.15) is 0 Å². The number of methoxy groups -OCH3 is 1. The second-order valence-corrected chi connectivity index (χ2v) is 9.84. The van der Waals surface area contributed by atoms with Crippen LogP contribution < -0.4 is 10.2 Å². The number of phenols is 1. The molecule has 7 heteroatoms. The SMILES string of the molecule is COc1cc(Br)c(Br)c(/C=N\NC(=O)[C@@H]2C[C@H]2c2ccc(C(C)(C)C)cc2)c1O. The van der Waals surface area contributed by atoms with Gasteiger partial charge in [-0.15, -0.1) is 0 Å². The highest BCUT2D eigenvalue weighted by molar-refractivity contribution is 9.13. The molecule has 154 valence electrons. The number of hydrazone groups is 1. The summed E-state index contributed by atoms with van der Waals surface area (Å²) >= 11 is 6.79. The van der Waals surface area contributed by atoms with E-state index in [4.69, 9.17) is 4.74 Å². The number of carbonyl (C=O) groups is 1. The number of amides is 1. The normalized spacial score (nSPS) is 18.7. The van der Waals surface area contributed by atoms with Gasteiger partial charge in [0.05, 0.1) is 18.9 Å². The third-order valence-corrected chi connectivity index (χ3v) is 7.12. The number of aromatic hydroxyl groups is 1. The topological polar surface area (TPSA) is 70.9 Å². The summed E-state index contributed by atoms with van der Waals surface area (Å²) in [5, 5.41) is 14.3. The fourth-order valence-corrected chi connectivity index (χ4v) is 4.04. The first-order valence-electron chi connectivity index (χ1n) is 9.31. The van der Waals surface area contributed by atoms with E-state index < -0.39 is 0 Å². The van der Waals surface area contributed by atoms with Gasteiger partial charge in [-0.3, -0.25) is 4.79 Å². The Morgan fingerprint density at radius 3 is 2.52 bits per heavy atom. The zero-order chi connectivity index (χ0) is 21.3. The molecule has 2 aromatic carbocycles. The van der Waals surface area contributed by atoms with E-state index in [1.54, 1.807) is 6.07 Å². The summed E-state index contributed by atoms with van der Waals surface area (Å²) < 4.78 is 6.47. The van der Waals surface area contributed by atoms with Crippen molar-refractivity contribution in [3.63, 3.8) is 0 Å². The molecule has 0 radical (unpaired) electrons. The maximum atomic E-state index is 12.4. The van der Waals surface area contributed by atoms with Gasteiger partial charge in [0.25, 0.3) is 0 Å². The van der Waals surface area contributed by atoms with E-state index in [9.17, 15) is 9.90 Å². The van der Waals surface area contributed by atoms with E-state index in [0.717, 1.165) is 6.42 Å². The van der Waals surface area contributed by atoms with E-state index >= 15 is 0 Å². The fraction of sp³-hybridized carbons (Fsp3) is 0.364. The van der Waals surface area contributed by atoms with E-state index in [2.05, 4.69) is 87.4 Å². The van der Waals surface area contributed by atoms with Crippen molar-refractivity contribution in [3.05, 3.63) is 56.0 Å². The molecule has 2 atom stereocenters. The lowest BCUT2D eigenvalue weighted by Gasteiger charge is -2.19. The zero-order valence-corrected chi connectivity index (χ0v) is 20.0. The van der Waals surface area contributed by atoms with Crippen LogP contribution in [0.15, 0.2) is 44.4 Å². The van der Waals surface area contributed by atoms with Crippen LogP contribution in [0.4, 0.5) is 0 Å². The number of rotatable bonds is 5. The Bertz CT molecular complexity index is 950. The molecular weight excluding hydrogens is 500 g/mol. The molecule has 0 bridgehead atoms. The smallest absolute Gasteiger partial charge is 0.243 e. The van der Waals surface area contributed by atoms with Gasteiger partial charge in [-0.25, -0.2) is 5.43 Å². The average molecular weight is 524 g/mol. The molecule has 0 heterocycles. The first-order valence-corrected chi connectivity index (χ1v) is 10.9. The second kappa shape index (κ2) is 8.48. The Kier molecular flexibility index (Phi) is 6.39.